The van der Waals surface area contributed by atoms with Crippen LogP contribution < -0.4 is 10.2 Å². The first-order chi connectivity index (χ1) is 13.1. The number of amides is 1. The maximum Gasteiger partial charge on any atom is 0.270 e. The van der Waals surface area contributed by atoms with Crippen LogP contribution in [0.2, 0.25) is 0 Å². The summed E-state index contributed by atoms with van der Waals surface area (Å²) in [6, 6.07) is 3.61. The second-order valence-electron chi connectivity index (χ2n) is 7.00. The van der Waals surface area contributed by atoms with E-state index in [2.05, 4.69) is 49.1 Å². The molecule has 0 bridgehead atoms. The van der Waals surface area contributed by atoms with Crippen LogP contribution >= 0.6 is 0 Å². The van der Waals surface area contributed by atoms with Crippen LogP contribution in [-0.2, 0) is 0 Å². The smallest absolute Gasteiger partial charge is 0.270 e. The number of rotatable bonds is 4. The van der Waals surface area contributed by atoms with Gasteiger partial charge in [0.05, 0.1) is 5.69 Å². The fourth-order valence-corrected chi connectivity index (χ4v) is 3.35. The van der Waals surface area contributed by atoms with E-state index in [1.807, 2.05) is 0 Å². The van der Waals surface area contributed by atoms with Gasteiger partial charge in [0.15, 0.2) is 0 Å². The summed E-state index contributed by atoms with van der Waals surface area (Å²) < 4.78 is 1.68. The van der Waals surface area contributed by atoms with Crippen LogP contribution in [0.5, 0.6) is 0 Å². The standard InChI is InChI=1S/C18H22N8O/c1-12(2)15-9-14(24-18-21-11-22-26(15)18)16(27)23-13-5-3-8-25(10-13)17-19-6-4-7-20-17/h4,6-7,9,11-13H,3,5,8,10H2,1-2H3,(H,23,27)/t13-/m1/s1. The van der Waals surface area contributed by atoms with Crippen LogP contribution in [0, 0.1) is 0 Å². The van der Waals surface area contributed by atoms with Gasteiger partial charge in [-0.1, -0.05) is 13.8 Å². The second-order valence-corrected chi connectivity index (χ2v) is 7.00. The number of nitrogens with zero attached hydrogens (tertiary/aromatic N) is 7. The molecule has 4 rings (SSSR count). The van der Waals surface area contributed by atoms with Crippen LogP contribution in [0.25, 0.3) is 5.78 Å². The maximum atomic E-state index is 12.8. The Kier molecular flexibility index (Phi) is 4.66. The summed E-state index contributed by atoms with van der Waals surface area (Å²) in [6.07, 6.45) is 6.80. The molecular weight excluding hydrogens is 344 g/mol. The van der Waals surface area contributed by atoms with Gasteiger partial charge in [-0.25, -0.2) is 19.5 Å². The third kappa shape index (κ3) is 3.57. The minimum Gasteiger partial charge on any atom is -0.346 e. The molecule has 9 heteroatoms. The first-order valence-corrected chi connectivity index (χ1v) is 9.15. The molecule has 1 aliphatic rings. The topological polar surface area (TPSA) is 101 Å². The molecule has 4 heterocycles. The quantitative estimate of drug-likeness (QED) is 0.745. The Morgan fingerprint density at radius 3 is 2.85 bits per heavy atom. The van der Waals surface area contributed by atoms with Crippen molar-refractivity contribution in [1.29, 1.82) is 0 Å². The fraction of sp³-hybridized carbons (Fsp3) is 0.444. The van der Waals surface area contributed by atoms with Crippen LogP contribution in [0.1, 0.15) is 48.8 Å². The van der Waals surface area contributed by atoms with Gasteiger partial charge in [-0.3, -0.25) is 4.79 Å². The van der Waals surface area contributed by atoms with E-state index in [1.54, 1.807) is 29.0 Å². The van der Waals surface area contributed by atoms with Crippen molar-refractivity contribution in [2.75, 3.05) is 18.0 Å². The molecule has 1 N–H and O–H groups in total. The lowest BCUT2D eigenvalue weighted by molar-refractivity contribution is 0.0928. The molecule has 0 spiro atoms. The van der Waals surface area contributed by atoms with Crippen LogP contribution in [0.3, 0.4) is 0 Å². The molecule has 1 saturated heterocycles. The van der Waals surface area contributed by atoms with Gasteiger partial charge in [-0.15, -0.1) is 0 Å². The van der Waals surface area contributed by atoms with E-state index in [1.165, 1.54) is 6.33 Å². The number of hydrogen-bond acceptors (Lipinski definition) is 7. The number of aromatic nitrogens is 6. The Bertz CT molecular complexity index is 939. The van der Waals surface area contributed by atoms with Gasteiger partial charge in [0.2, 0.25) is 5.95 Å². The van der Waals surface area contributed by atoms with E-state index in [9.17, 15) is 4.79 Å². The minimum atomic E-state index is -0.191. The molecule has 0 unspecified atom stereocenters. The number of piperidine rings is 1. The Morgan fingerprint density at radius 2 is 2.07 bits per heavy atom. The van der Waals surface area contributed by atoms with E-state index in [-0.39, 0.29) is 17.9 Å². The minimum absolute atomic E-state index is 0.0217. The molecule has 0 aliphatic carbocycles. The Morgan fingerprint density at radius 1 is 1.26 bits per heavy atom. The van der Waals surface area contributed by atoms with Crippen molar-refractivity contribution < 1.29 is 4.79 Å². The highest BCUT2D eigenvalue weighted by Gasteiger charge is 2.24. The molecule has 0 radical (unpaired) electrons. The van der Waals surface area contributed by atoms with Crippen LogP contribution in [-0.4, -0.2) is 54.6 Å². The lowest BCUT2D eigenvalue weighted by atomic mass is 10.1. The lowest BCUT2D eigenvalue weighted by Crippen LogP contribution is -2.48. The highest BCUT2D eigenvalue weighted by Crippen LogP contribution is 2.18. The molecule has 1 fully saturated rings. The second kappa shape index (κ2) is 7.26. The average Bonchev–Trinajstić information content (AvgIpc) is 3.16. The molecule has 0 aromatic carbocycles. The molecule has 3 aromatic rings. The highest BCUT2D eigenvalue weighted by molar-refractivity contribution is 5.93. The zero-order valence-electron chi connectivity index (χ0n) is 15.4. The van der Waals surface area contributed by atoms with Crippen molar-refractivity contribution in [2.45, 2.75) is 38.6 Å². The van der Waals surface area contributed by atoms with E-state index in [0.29, 0.717) is 24.0 Å². The van der Waals surface area contributed by atoms with E-state index in [0.717, 1.165) is 25.1 Å². The SMILES string of the molecule is CC(C)c1cc(C(=O)N[C@@H]2CCCN(c3ncccn3)C2)nc2ncnn12. The molecule has 3 aromatic heterocycles. The summed E-state index contributed by atoms with van der Waals surface area (Å²) in [7, 11) is 0. The molecule has 27 heavy (non-hydrogen) atoms. The number of hydrogen-bond donors (Lipinski definition) is 1. The van der Waals surface area contributed by atoms with Crippen molar-refractivity contribution in [3.8, 4) is 0 Å². The van der Waals surface area contributed by atoms with Gasteiger partial charge in [-0.2, -0.15) is 10.1 Å². The van der Waals surface area contributed by atoms with E-state index in [4.69, 9.17) is 0 Å². The third-order valence-corrected chi connectivity index (χ3v) is 4.70. The van der Waals surface area contributed by atoms with E-state index >= 15 is 0 Å². The number of carbonyl (C=O) groups is 1. The maximum absolute atomic E-state index is 12.8. The van der Waals surface area contributed by atoms with Crippen molar-refractivity contribution in [2.24, 2.45) is 0 Å². The summed E-state index contributed by atoms with van der Waals surface area (Å²) in [5.41, 5.74) is 1.28. The number of nitrogens with one attached hydrogen (secondary N) is 1. The lowest BCUT2D eigenvalue weighted by Gasteiger charge is -2.33. The number of fused-ring (bicyclic) bond motifs is 1. The molecule has 140 valence electrons. The first-order valence-electron chi connectivity index (χ1n) is 9.15. The third-order valence-electron chi connectivity index (χ3n) is 4.70. The van der Waals surface area contributed by atoms with Gasteiger partial charge < -0.3 is 10.2 Å². The zero-order chi connectivity index (χ0) is 18.8. The molecule has 1 aliphatic heterocycles. The normalized spacial score (nSPS) is 17.4. The van der Waals surface area contributed by atoms with Gasteiger partial charge in [0.25, 0.3) is 11.7 Å². The highest BCUT2D eigenvalue weighted by atomic mass is 16.2. The molecular formula is C18H22N8O. The zero-order valence-corrected chi connectivity index (χ0v) is 15.4. The monoisotopic (exact) mass is 366 g/mol. The number of carbonyl (C=O) groups excluding carboxylic acids is 1. The van der Waals surface area contributed by atoms with E-state index < -0.39 is 0 Å². The predicted octanol–water partition coefficient (Wildman–Crippen LogP) is 1.44. The molecule has 1 amide bonds. The van der Waals surface area contributed by atoms with Crippen molar-refractivity contribution in [1.82, 2.24) is 34.9 Å². The van der Waals surface area contributed by atoms with Crippen molar-refractivity contribution in [3.05, 3.63) is 42.2 Å². The molecule has 0 saturated carbocycles. The van der Waals surface area contributed by atoms with Gasteiger partial charge in [0, 0.05) is 31.5 Å². The van der Waals surface area contributed by atoms with Crippen molar-refractivity contribution >= 4 is 17.6 Å². The fourth-order valence-electron chi connectivity index (χ4n) is 3.35. The Balaban J connectivity index is 1.51. The molecule has 9 nitrogen and oxygen atoms in total. The first kappa shape index (κ1) is 17.3. The summed E-state index contributed by atoms with van der Waals surface area (Å²) in [6.45, 7) is 5.67. The Labute approximate surface area is 156 Å². The Hall–Kier alpha value is -3.10. The summed E-state index contributed by atoms with van der Waals surface area (Å²) in [4.78, 5) is 32.0. The molecule has 1 atom stereocenters. The van der Waals surface area contributed by atoms with Crippen molar-refractivity contribution in [3.63, 3.8) is 0 Å². The summed E-state index contributed by atoms with van der Waals surface area (Å²) >= 11 is 0. The summed E-state index contributed by atoms with van der Waals surface area (Å²) in [5.74, 6) is 1.14. The average molecular weight is 366 g/mol. The predicted molar refractivity (Wildman–Crippen MR) is 99.6 cm³/mol. The largest absolute Gasteiger partial charge is 0.346 e. The van der Waals surface area contributed by atoms with Gasteiger partial charge in [-0.05, 0) is 30.9 Å². The van der Waals surface area contributed by atoms with Gasteiger partial charge in [0.1, 0.15) is 12.0 Å². The van der Waals surface area contributed by atoms with Gasteiger partial charge >= 0.3 is 0 Å². The summed E-state index contributed by atoms with van der Waals surface area (Å²) in [5, 5.41) is 7.29. The number of anilines is 1. The van der Waals surface area contributed by atoms with Crippen LogP contribution in [0.4, 0.5) is 5.95 Å². The van der Waals surface area contributed by atoms with Crippen LogP contribution in [0.15, 0.2) is 30.9 Å².